The van der Waals surface area contributed by atoms with Crippen molar-refractivity contribution in [3.63, 3.8) is 0 Å². The maximum absolute atomic E-state index is 12.7. The fourth-order valence-corrected chi connectivity index (χ4v) is 4.38. The second-order valence-corrected chi connectivity index (χ2v) is 8.73. The first kappa shape index (κ1) is 24.5. The van der Waals surface area contributed by atoms with E-state index in [4.69, 9.17) is 21.7 Å². The Balaban J connectivity index is 1.49. The zero-order chi connectivity index (χ0) is 23.8. The summed E-state index contributed by atoms with van der Waals surface area (Å²) in [4.78, 5) is 38.8. The minimum atomic E-state index is -0.403. The highest BCUT2D eigenvalue weighted by atomic mass is 32.2. The number of thiocarbonyl (C=S) groups is 1. The Kier molecular flexibility index (Phi) is 8.62. The number of carbonyl (C=O) groups is 3. The summed E-state index contributed by atoms with van der Waals surface area (Å²) in [6.45, 7) is 2.41. The summed E-state index contributed by atoms with van der Waals surface area (Å²) in [5.74, 6) is 0.00158. The first-order valence-corrected chi connectivity index (χ1v) is 11.6. The van der Waals surface area contributed by atoms with E-state index in [0.29, 0.717) is 40.0 Å². The molecule has 1 heterocycles. The van der Waals surface area contributed by atoms with E-state index in [2.05, 4.69) is 5.32 Å². The third-order valence-corrected chi connectivity index (χ3v) is 6.13. The molecule has 0 atom stereocenters. The molecule has 0 unspecified atom stereocenters. The molecule has 1 N–H and O–H groups in total. The highest BCUT2D eigenvalue weighted by Crippen LogP contribution is 2.33. The lowest BCUT2D eigenvalue weighted by molar-refractivity contribution is -0.122. The average molecular weight is 485 g/mol. The number of ether oxygens (including phenoxy) is 2. The van der Waals surface area contributed by atoms with Crippen molar-refractivity contribution in [1.82, 2.24) is 4.90 Å². The molecule has 2 aromatic carbocycles. The minimum absolute atomic E-state index is 0.157. The molecule has 0 saturated carbocycles. The summed E-state index contributed by atoms with van der Waals surface area (Å²) in [6.07, 6.45) is 2.49. The van der Waals surface area contributed by atoms with Crippen molar-refractivity contribution in [2.24, 2.45) is 0 Å². The quantitative estimate of drug-likeness (QED) is 0.319. The fraction of sp³-hybridized carbons (Fsp3) is 0.250. The molecule has 9 heteroatoms. The summed E-state index contributed by atoms with van der Waals surface area (Å²) < 4.78 is 10.6. The van der Waals surface area contributed by atoms with Crippen LogP contribution in [0.2, 0.25) is 0 Å². The van der Waals surface area contributed by atoms with Crippen LogP contribution in [0.3, 0.4) is 0 Å². The van der Waals surface area contributed by atoms with Gasteiger partial charge in [-0.25, -0.2) is 4.79 Å². The number of benzene rings is 2. The van der Waals surface area contributed by atoms with Gasteiger partial charge in [-0.3, -0.25) is 14.5 Å². The minimum Gasteiger partial charge on any atom is -0.497 e. The van der Waals surface area contributed by atoms with E-state index in [9.17, 15) is 14.4 Å². The van der Waals surface area contributed by atoms with Crippen LogP contribution < -0.4 is 10.1 Å². The smallest absolute Gasteiger partial charge is 0.338 e. The molecule has 1 fully saturated rings. The largest absolute Gasteiger partial charge is 0.497 e. The van der Waals surface area contributed by atoms with Crippen molar-refractivity contribution in [3.05, 3.63) is 64.6 Å². The van der Waals surface area contributed by atoms with Crippen LogP contribution in [0, 0.1) is 0 Å². The molecule has 0 aliphatic carbocycles. The topological polar surface area (TPSA) is 84.9 Å². The van der Waals surface area contributed by atoms with Gasteiger partial charge in [0.25, 0.3) is 5.91 Å². The van der Waals surface area contributed by atoms with Gasteiger partial charge in [-0.2, -0.15) is 0 Å². The zero-order valence-corrected chi connectivity index (χ0v) is 20.0. The average Bonchev–Trinajstić information content (AvgIpc) is 3.07. The van der Waals surface area contributed by atoms with Crippen LogP contribution in [0.4, 0.5) is 5.69 Å². The number of amides is 2. The Morgan fingerprint density at radius 3 is 2.45 bits per heavy atom. The number of rotatable bonds is 9. The molecule has 0 spiro atoms. The van der Waals surface area contributed by atoms with Gasteiger partial charge in [-0.1, -0.05) is 36.1 Å². The van der Waals surface area contributed by atoms with Crippen molar-refractivity contribution in [3.8, 4) is 5.75 Å². The lowest BCUT2D eigenvalue weighted by Gasteiger charge is -2.14. The van der Waals surface area contributed by atoms with Crippen LogP contribution in [-0.2, 0) is 14.3 Å². The Morgan fingerprint density at radius 1 is 1.12 bits per heavy atom. The number of carbonyl (C=O) groups excluding carboxylic acids is 3. The first-order chi connectivity index (χ1) is 15.9. The van der Waals surface area contributed by atoms with E-state index in [1.54, 1.807) is 44.4 Å². The predicted octanol–water partition coefficient (Wildman–Crippen LogP) is 4.49. The predicted molar refractivity (Wildman–Crippen MR) is 133 cm³/mol. The van der Waals surface area contributed by atoms with Crippen LogP contribution in [0.15, 0.2) is 53.4 Å². The molecule has 1 aliphatic rings. The second kappa shape index (κ2) is 11.6. The Hall–Kier alpha value is -3.17. The maximum atomic E-state index is 12.7. The summed E-state index contributed by atoms with van der Waals surface area (Å²) in [7, 11) is 1.60. The summed E-state index contributed by atoms with van der Waals surface area (Å²) in [5.41, 5.74) is 1.89. The Morgan fingerprint density at radius 2 is 1.82 bits per heavy atom. The third kappa shape index (κ3) is 6.66. The number of nitrogens with one attached hydrogen (secondary N) is 1. The van der Waals surface area contributed by atoms with E-state index in [1.165, 1.54) is 16.7 Å². The third-order valence-electron chi connectivity index (χ3n) is 4.75. The molecule has 3 rings (SSSR count). The molecule has 7 nitrogen and oxygen atoms in total. The highest BCUT2D eigenvalue weighted by molar-refractivity contribution is 8.26. The van der Waals surface area contributed by atoms with Gasteiger partial charge in [0.2, 0.25) is 5.91 Å². The van der Waals surface area contributed by atoms with Gasteiger partial charge in [0.05, 0.1) is 24.2 Å². The molecule has 1 aliphatic heterocycles. The van der Waals surface area contributed by atoms with Crippen molar-refractivity contribution in [2.45, 2.75) is 19.8 Å². The number of hydrogen-bond donors (Lipinski definition) is 1. The molecule has 0 radical (unpaired) electrons. The number of anilines is 1. The molecular weight excluding hydrogens is 460 g/mol. The van der Waals surface area contributed by atoms with E-state index < -0.39 is 5.97 Å². The molecule has 0 bridgehead atoms. The van der Waals surface area contributed by atoms with Gasteiger partial charge in [-0.05, 0) is 61.4 Å². The van der Waals surface area contributed by atoms with Crippen LogP contribution in [0.25, 0.3) is 6.08 Å². The number of thioether (sulfide) groups is 1. The summed E-state index contributed by atoms with van der Waals surface area (Å²) in [6, 6.07) is 13.9. The SMILES string of the molecule is CCOC(=O)c1ccc(NC(=O)CCCN2C(=O)C(=Cc3ccc(OC)cc3)SC2=S)cc1. The Bertz CT molecular complexity index is 1070. The molecule has 172 valence electrons. The second-order valence-electron chi connectivity index (χ2n) is 7.06. The van der Waals surface area contributed by atoms with E-state index in [0.717, 1.165) is 11.3 Å². The van der Waals surface area contributed by atoms with Crippen LogP contribution in [-0.4, -0.2) is 47.3 Å². The summed E-state index contributed by atoms with van der Waals surface area (Å²) in [5, 5.41) is 2.78. The van der Waals surface area contributed by atoms with Crippen LogP contribution in [0.1, 0.15) is 35.7 Å². The normalized spacial score (nSPS) is 14.5. The van der Waals surface area contributed by atoms with Gasteiger partial charge in [0, 0.05) is 18.7 Å². The molecule has 2 amide bonds. The van der Waals surface area contributed by atoms with Crippen LogP contribution >= 0.6 is 24.0 Å². The van der Waals surface area contributed by atoms with Crippen molar-refractivity contribution >= 4 is 57.8 Å². The number of methoxy groups -OCH3 is 1. The Labute approximate surface area is 202 Å². The van der Waals surface area contributed by atoms with E-state index in [1.807, 2.05) is 24.3 Å². The zero-order valence-electron chi connectivity index (χ0n) is 18.3. The standard InChI is InChI=1S/C24H24N2O5S2/c1-3-31-23(29)17-8-10-18(11-9-17)25-21(27)5-4-14-26-22(28)20(33-24(26)32)15-16-6-12-19(30-2)13-7-16/h6-13,15H,3-5,14H2,1-2H3,(H,25,27). The molecular formula is C24H24N2O5S2. The van der Waals surface area contributed by atoms with Gasteiger partial charge in [0.1, 0.15) is 10.1 Å². The van der Waals surface area contributed by atoms with Gasteiger partial charge < -0.3 is 14.8 Å². The van der Waals surface area contributed by atoms with Crippen molar-refractivity contribution in [2.75, 3.05) is 25.6 Å². The van der Waals surface area contributed by atoms with Gasteiger partial charge in [0.15, 0.2) is 0 Å². The molecule has 1 saturated heterocycles. The van der Waals surface area contributed by atoms with Gasteiger partial charge >= 0.3 is 5.97 Å². The molecule has 33 heavy (non-hydrogen) atoms. The van der Waals surface area contributed by atoms with Gasteiger partial charge in [-0.15, -0.1) is 0 Å². The first-order valence-electron chi connectivity index (χ1n) is 10.4. The van der Waals surface area contributed by atoms with Crippen molar-refractivity contribution in [1.29, 1.82) is 0 Å². The lowest BCUT2D eigenvalue weighted by atomic mass is 10.2. The molecule has 2 aromatic rings. The maximum Gasteiger partial charge on any atom is 0.338 e. The highest BCUT2D eigenvalue weighted by Gasteiger charge is 2.31. The lowest BCUT2D eigenvalue weighted by Crippen LogP contribution is -2.29. The fourth-order valence-electron chi connectivity index (χ4n) is 3.07. The molecule has 0 aromatic heterocycles. The number of esters is 1. The van der Waals surface area contributed by atoms with Crippen LogP contribution in [0.5, 0.6) is 5.75 Å². The number of nitrogens with zero attached hydrogens (tertiary/aromatic N) is 1. The number of hydrogen-bond acceptors (Lipinski definition) is 7. The van der Waals surface area contributed by atoms with E-state index >= 15 is 0 Å². The summed E-state index contributed by atoms with van der Waals surface area (Å²) >= 11 is 6.61. The van der Waals surface area contributed by atoms with Crippen molar-refractivity contribution < 1.29 is 23.9 Å². The van der Waals surface area contributed by atoms with E-state index in [-0.39, 0.29) is 18.2 Å². The monoisotopic (exact) mass is 484 g/mol.